The molecule has 3 rings (SSSR count). The van der Waals surface area contributed by atoms with E-state index in [2.05, 4.69) is 22.6 Å². The Bertz CT molecular complexity index is 552. The summed E-state index contributed by atoms with van der Waals surface area (Å²) < 4.78 is 13.0. The number of benzene rings is 1. The van der Waals surface area contributed by atoms with Crippen LogP contribution in [-0.2, 0) is 9.47 Å². The van der Waals surface area contributed by atoms with Gasteiger partial charge in [0.15, 0.2) is 6.29 Å². The highest BCUT2D eigenvalue weighted by molar-refractivity contribution is 5.32. The first kappa shape index (κ1) is 14.2. The molecule has 6 nitrogen and oxygen atoms in total. The third kappa shape index (κ3) is 3.29. The molecule has 1 aliphatic rings. The van der Waals surface area contributed by atoms with Crippen LogP contribution >= 0.6 is 0 Å². The van der Waals surface area contributed by atoms with Gasteiger partial charge in [0.25, 0.3) is 0 Å². The Kier molecular flexibility index (Phi) is 4.59. The molecule has 1 aromatic carbocycles. The van der Waals surface area contributed by atoms with Gasteiger partial charge in [-0.1, -0.05) is 30.3 Å². The molecule has 0 spiro atoms. The van der Waals surface area contributed by atoms with Gasteiger partial charge in [-0.25, -0.2) is 4.68 Å². The average molecular weight is 288 g/mol. The molecule has 0 bridgehead atoms. The highest BCUT2D eigenvalue weighted by Gasteiger charge is 2.25. The summed E-state index contributed by atoms with van der Waals surface area (Å²) in [5.41, 5.74) is 2.02. The van der Waals surface area contributed by atoms with Crippen molar-refractivity contribution in [2.45, 2.75) is 25.7 Å². The van der Waals surface area contributed by atoms with E-state index in [9.17, 15) is 0 Å². The Morgan fingerprint density at radius 2 is 2.05 bits per heavy atom. The van der Waals surface area contributed by atoms with Crippen molar-refractivity contribution in [3.05, 3.63) is 42.2 Å². The normalized spacial score (nSPS) is 17.2. The summed E-state index contributed by atoms with van der Waals surface area (Å²) in [7, 11) is 0. The molecule has 1 atom stereocenters. The highest BCUT2D eigenvalue weighted by Crippen LogP contribution is 2.23. The lowest BCUT2D eigenvalue weighted by Crippen LogP contribution is -2.27. The summed E-state index contributed by atoms with van der Waals surface area (Å²) in [5, 5.41) is 11.7. The fraction of sp³-hybridized carbons (Fsp3) is 0.467. The van der Waals surface area contributed by atoms with Gasteiger partial charge in [-0.15, -0.1) is 5.10 Å². The van der Waals surface area contributed by atoms with Gasteiger partial charge in [0.2, 0.25) is 0 Å². The minimum Gasteiger partial charge on any atom is -0.350 e. The van der Waals surface area contributed by atoms with Crippen LogP contribution in [-0.4, -0.2) is 41.0 Å². The molecule has 1 saturated heterocycles. The number of hydrogen-bond donors (Lipinski definition) is 1. The van der Waals surface area contributed by atoms with Crippen molar-refractivity contribution in [2.24, 2.45) is 0 Å². The molecular formula is C15H20N4O2. The Morgan fingerprint density at radius 3 is 2.76 bits per heavy atom. The van der Waals surface area contributed by atoms with Gasteiger partial charge in [0.05, 0.1) is 36.8 Å². The molecule has 0 amide bonds. The molecule has 0 saturated carbocycles. The zero-order chi connectivity index (χ0) is 14.5. The van der Waals surface area contributed by atoms with E-state index in [4.69, 9.17) is 9.47 Å². The van der Waals surface area contributed by atoms with Crippen LogP contribution in [0.15, 0.2) is 36.5 Å². The fourth-order valence-electron chi connectivity index (χ4n) is 2.54. The maximum Gasteiger partial charge on any atom is 0.159 e. The van der Waals surface area contributed by atoms with E-state index < -0.39 is 0 Å². The minimum atomic E-state index is -0.159. The standard InChI is InChI=1S/C15H20N4O2/c1-2-16-13(10-15-20-8-9-21-15)14-11-17-18-19(14)12-6-4-3-5-7-12/h3-7,11,13,15-16H,2,8-10H2,1H3. The van der Waals surface area contributed by atoms with Crippen molar-refractivity contribution < 1.29 is 9.47 Å². The Labute approximate surface area is 124 Å². The number of ether oxygens (including phenoxy) is 2. The quantitative estimate of drug-likeness (QED) is 0.876. The fourth-order valence-corrected chi connectivity index (χ4v) is 2.54. The first-order chi connectivity index (χ1) is 10.4. The van der Waals surface area contributed by atoms with Gasteiger partial charge >= 0.3 is 0 Å². The number of nitrogens with zero attached hydrogens (tertiary/aromatic N) is 3. The van der Waals surface area contributed by atoms with Crippen LogP contribution in [0.2, 0.25) is 0 Å². The maximum absolute atomic E-state index is 5.56. The molecule has 1 aliphatic heterocycles. The predicted molar refractivity (Wildman–Crippen MR) is 78.1 cm³/mol. The van der Waals surface area contributed by atoms with Gasteiger partial charge in [-0.3, -0.25) is 0 Å². The van der Waals surface area contributed by atoms with E-state index in [-0.39, 0.29) is 12.3 Å². The zero-order valence-electron chi connectivity index (χ0n) is 12.1. The Balaban J connectivity index is 1.84. The number of aromatic nitrogens is 3. The van der Waals surface area contributed by atoms with Crippen LogP contribution in [0.3, 0.4) is 0 Å². The van der Waals surface area contributed by atoms with Crippen LogP contribution in [0.1, 0.15) is 25.1 Å². The smallest absolute Gasteiger partial charge is 0.159 e. The maximum atomic E-state index is 5.56. The van der Waals surface area contributed by atoms with Crippen LogP contribution < -0.4 is 5.32 Å². The van der Waals surface area contributed by atoms with Crippen LogP contribution in [0.5, 0.6) is 0 Å². The summed E-state index contributed by atoms with van der Waals surface area (Å²) in [6.45, 7) is 4.27. The summed E-state index contributed by atoms with van der Waals surface area (Å²) in [6, 6.07) is 10.1. The van der Waals surface area contributed by atoms with Crippen LogP contribution in [0.25, 0.3) is 5.69 Å². The topological polar surface area (TPSA) is 61.2 Å². The van der Waals surface area contributed by atoms with E-state index in [0.29, 0.717) is 13.2 Å². The highest BCUT2D eigenvalue weighted by atomic mass is 16.7. The molecule has 2 aromatic rings. The summed E-state index contributed by atoms with van der Waals surface area (Å²) in [6.07, 6.45) is 2.39. The van der Waals surface area contributed by atoms with E-state index in [1.807, 2.05) is 35.0 Å². The van der Waals surface area contributed by atoms with E-state index in [0.717, 1.165) is 24.3 Å². The third-order valence-corrected chi connectivity index (χ3v) is 3.50. The molecule has 2 heterocycles. The van der Waals surface area contributed by atoms with Gasteiger partial charge < -0.3 is 14.8 Å². The summed E-state index contributed by atoms with van der Waals surface area (Å²) in [4.78, 5) is 0. The predicted octanol–water partition coefficient (Wildman–Crippen LogP) is 1.68. The number of para-hydroxylation sites is 1. The lowest BCUT2D eigenvalue weighted by molar-refractivity contribution is -0.0532. The molecule has 21 heavy (non-hydrogen) atoms. The van der Waals surface area contributed by atoms with Crippen molar-refractivity contribution in [3.63, 3.8) is 0 Å². The molecule has 112 valence electrons. The molecule has 1 fully saturated rings. The lowest BCUT2D eigenvalue weighted by Gasteiger charge is -2.21. The molecule has 1 N–H and O–H groups in total. The first-order valence-corrected chi connectivity index (χ1v) is 7.31. The van der Waals surface area contributed by atoms with Crippen molar-refractivity contribution >= 4 is 0 Å². The molecule has 1 aromatic heterocycles. The third-order valence-electron chi connectivity index (χ3n) is 3.50. The second kappa shape index (κ2) is 6.80. The van der Waals surface area contributed by atoms with Crippen molar-refractivity contribution in [1.29, 1.82) is 0 Å². The molecule has 6 heteroatoms. The molecular weight excluding hydrogens is 268 g/mol. The number of hydrogen-bond acceptors (Lipinski definition) is 5. The van der Waals surface area contributed by atoms with Gasteiger partial charge in [-0.05, 0) is 18.7 Å². The SMILES string of the molecule is CCNC(CC1OCCO1)c1cnnn1-c1ccccc1. The second-order valence-corrected chi connectivity index (χ2v) is 4.92. The molecule has 0 aliphatic carbocycles. The second-order valence-electron chi connectivity index (χ2n) is 4.92. The van der Waals surface area contributed by atoms with E-state index >= 15 is 0 Å². The Morgan fingerprint density at radius 1 is 1.29 bits per heavy atom. The number of rotatable bonds is 6. The summed E-state index contributed by atoms with van der Waals surface area (Å²) >= 11 is 0. The lowest BCUT2D eigenvalue weighted by atomic mass is 10.1. The Hall–Kier alpha value is -1.76. The van der Waals surface area contributed by atoms with Crippen LogP contribution in [0.4, 0.5) is 0 Å². The number of nitrogens with one attached hydrogen (secondary N) is 1. The van der Waals surface area contributed by atoms with Gasteiger partial charge in [0.1, 0.15) is 0 Å². The first-order valence-electron chi connectivity index (χ1n) is 7.31. The monoisotopic (exact) mass is 288 g/mol. The average Bonchev–Trinajstić information content (AvgIpc) is 3.19. The van der Waals surface area contributed by atoms with Gasteiger partial charge in [-0.2, -0.15) is 0 Å². The van der Waals surface area contributed by atoms with Crippen molar-refractivity contribution in [1.82, 2.24) is 20.3 Å². The molecule has 0 radical (unpaired) electrons. The van der Waals surface area contributed by atoms with E-state index in [1.54, 1.807) is 6.20 Å². The molecule has 1 unspecified atom stereocenters. The largest absolute Gasteiger partial charge is 0.350 e. The van der Waals surface area contributed by atoms with Crippen molar-refractivity contribution in [3.8, 4) is 5.69 Å². The zero-order valence-corrected chi connectivity index (χ0v) is 12.1. The van der Waals surface area contributed by atoms with E-state index in [1.165, 1.54) is 0 Å². The van der Waals surface area contributed by atoms with Crippen LogP contribution in [0, 0.1) is 0 Å². The summed E-state index contributed by atoms with van der Waals surface area (Å²) in [5.74, 6) is 0. The minimum absolute atomic E-state index is 0.0910. The van der Waals surface area contributed by atoms with Crippen molar-refractivity contribution in [2.75, 3.05) is 19.8 Å². The van der Waals surface area contributed by atoms with Gasteiger partial charge in [0, 0.05) is 6.42 Å².